The Labute approximate surface area is 117 Å². The molecule has 0 aromatic carbocycles. The topological polar surface area (TPSA) is 44.8 Å². The second-order valence-corrected chi connectivity index (χ2v) is 5.96. The molecule has 0 radical (unpaired) electrons. The number of hydrogen-bond acceptors (Lipinski definition) is 4. The van der Waals surface area contributed by atoms with Crippen LogP contribution >= 0.6 is 0 Å². The first-order valence-corrected chi connectivity index (χ1v) is 7.20. The van der Waals surface area contributed by atoms with Gasteiger partial charge in [0, 0.05) is 13.0 Å². The third-order valence-corrected chi connectivity index (χ3v) is 2.38. The molecule has 0 heterocycles. The first-order chi connectivity index (χ1) is 8.81. The van der Waals surface area contributed by atoms with Crippen molar-refractivity contribution in [3.05, 3.63) is 0 Å². The Kier molecular flexibility index (Phi) is 9.88. The van der Waals surface area contributed by atoms with E-state index >= 15 is 0 Å². The molecule has 0 amide bonds. The highest BCUT2D eigenvalue weighted by Crippen LogP contribution is 2.04. The van der Waals surface area contributed by atoms with Crippen LogP contribution in [-0.4, -0.2) is 38.0 Å². The Balaban J connectivity index is 3.63. The largest absolute Gasteiger partial charge is 0.463 e. The van der Waals surface area contributed by atoms with Gasteiger partial charge in [-0.05, 0) is 25.7 Å². The van der Waals surface area contributed by atoms with Crippen molar-refractivity contribution in [3.63, 3.8) is 0 Å². The van der Waals surface area contributed by atoms with E-state index in [2.05, 4.69) is 13.8 Å². The molecule has 4 heteroatoms. The molecule has 114 valence electrons. The average Bonchev–Trinajstić information content (AvgIpc) is 2.30. The number of hydrogen-bond donors (Lipinski definition) is 0. The fourth-order valence-corrected chi connectivity index (χ4v) is 1.36. The first kappa shape index (κ1) is 18.4. The van der Waals surface area contributed by atoms with E-state index in [-0.39, 0.29) is 18.2 Å². The first-order valence-electron chi connectivity index (χ1n) is 7.20. The van der Waals surface area contributed by atoms with Crippen LogP contribution in [0.3, 0.4) is 0 Å². The zero-order valence-corrected chi connectivity index (χ0v) is 13.3. The van der Waals surface area contributed by atoms with Crippen LogP contribution in [0.4, 0.5) is 0 Å². The molecule has 0 bridgehead atoms. The van der Waals surface area contributed by atoms with Gasteiger partial charge in [0.15, 0.2) is 0 Å². The summed E-state index contributed by atoms with van der Waals surface area (Å²) in [6, 6.07) is 0. The van der Waals surface area contributed by atoms with Crippen molar-refractivity contribution in [2.45, 2.75) is 60.2 Å². The minimum atomic E-state index is -0.158. The monoisotopic (exact) mass is 274 g/mol. The van der Waals surface area contributed by atoms with Gasteiger partial charge in [-0.25, -0.2) is 0 Å². The lowest BCUT2D eigenvalue weighted by Gasteiger charge is -2.18. The predicted octanol–water partition coefficient (Wildman–Crippen LogP) is 3.04. The quantitative estimate of drug-likeness (QED) is 0.574. The van der Waals surface area contributed by atoms with Crippen LogP contribution in [0.1, 0.15) is 48.0 Å². The fourth-order valence-electron chi connectivity index (χ4n) is 1.36. The van der Waals surface area contributed by atoms with Crippen LogP contribution in [0.25, 0.3) is 0 Å². The number of carbonyl (C=O) groups excluding carboxylic acids is 1. The summed E-state index contributed by atoms with van der Waals surface area (Å²) in [7, 11) is 0. The molecule has 19 heavy (non-hydrogen) atoms. The molecule has 0 saturated heterocycles. The van der Waals surface area contributed by atoms with Crippen molar-refractivity contribution in [3.8, 4) is 0 Å². The summed E-state index contributed by atoms with van der Waals surface area (Å²) in [5.74, 6) is 0.694. The molecule has 0 rings (SSSR count). The van der Waals surface area contributed by atoms with E-state index in [4.69, 9.17) is 14.2 Å². The minimum Gasteiger partial charge on any atom is -0.463 e. The van der Waals surface area contributed by atoms with Crippen LogP contribution in [0, 0.1) is 11.8 Å². The molecule has 0 aliphatic rings. The van der Waals surface area contributed by atoms with Crippen LogP contribution < -0.4 is 0 Å². The van der Waals surface area contributed by atoms with Crippen LogP contribution in [0.15, 0.2) is 0 Å². The van der Waals surface area contributed by atoms with Crippen molar-refractivity contribution in [2.24, 2.45) is 11.8 Å². The molecule has 0 aliphatic carbocycles. The summed E-state index contributed by atoms with van der Waals surface area (Å²) in [5.41, 5.74) is 0. The van der Waals surface area contributed by atoms with Crippen LogP contribution in [0.5, 0.6) is 0 Å². The van der Waals surface area contributed by atoms with Crippen molar-refractivity contribution in [1.82, 2.24) is 0 Å². The molecule has 4 nitrogen and oxygen atoms in total. The van der Waals surface area contributed by atoms with Gasteiger partial charge in [-0.1, -0.05) is 27.7 Å². The zero-order valence-electron chi connectivity index (χ0n) is 13.3. The van der Waals surface area contributed by atoms with E-state index in [9.17, 15) is 4.79 Å². The highest BCUT2D eigenvalue weighted by atomic mass is 16.6. The molecule has 0 fully saturated rings. The molecule has 2 atom stereocenters. The molecule has 0 aliphatic heterocycles. The molecule has 0 saturated carbocycles. The molecule has 0 aromatic heterocycles. The van der Waals surface area contributed by atoms with E-state index in [0.717, 1.165) is 6.61 Å². The lowest BCUT2D eigenvalue weighted by Crippen LogP contribution is -2.25. The minimum absolute atomic E-state index is 0.0659. The lowest BCUT2D eigenvalue weighted by molar-refractivity contribution is -0.149. The Hall–Kier alpha value is -0.610. The molecule has 2 unspecified atom stereocenters. The Morgan fingerprint density at radius 2 is 1.32 bits per heavy atom. The number of carbonyl (C=O) groups is 1. The second kappa shape index (κ2) is 10.2. The Morgan fingerprint density at radius 3 is 1.84 bits per heavy atom. The van der Waals surface area contributed by atoms with E-state index in [1.807, 2.05) is 27.7 Å². The summed E-state index contributed by atoms with van der Waals surface area (Å²) in [6.07, 6.45) is 0.429. The normalized spacial score (nSPS) is 14.7. The molecular formula is C15H30O4. The summed E-state index contributed by atoms with van der Waals surface area (Å²) in [5, 5.41) is 0. The molecule has 0 aromatic rings. The lowest BCUT2D eigenvalue weighted by atomic mass is 10.1. The standard InChI is InChI=1S/C15H30O4/c1-11(2)7-15(16)19-10-14(6)18-9-13(5)17-8-12(3)4/h11-14H,7-10H2,1-6H3. The number of ether oxygens (including phenoxy) is 3. The van der Waals surface area contributed by atoms with Gasteiger partial charge in [-0.15, -0.1) is 0 Å². The summed E-state index contributed by atoms with van der Waals surface area (Å²) in [4.78, 5) is 11.4. The van der Waals surface area contributed by atoms with Crippen LogP contribution in [0.2, 0.25) is 0 Å². The third kappa shape index (κ3) is 12.2. The highest BCUT2D eigenvalue weighted by molar-refractivity contribution is 5.69. The third-order valence-electron chi connectivity index (χ3n) is 2.38. The van der Waals surface area contributed by atoms with Crippen molar-refractivity contribution >= 4 is 5.97 Å². The predicted molar refractivity (Wildman–Crippen MR) is 76.1 cm³/mol. The van der Waals surface area contributed by atoms with Gasteiger partial charge < -0.3 is 14.2 Å². The molecular weight excluding hydrogens is 244 g/mol. The summed E-state index contributed by atoms with van der Waals surface area (Å²) >= 11 is 0. The van der Waals surface area contributed by atoms with Gasteiger partial charge in [-0.2, -0.15) is 0 Å². The molecule has 0 spiro atoms. The van der Waals surface area contributed by atoms with E-state index < -0.39 is 0 Å². The zero-order chi connectivity index (χ0) is 14.8. The summed E-state index contributed by atoms with van der Waals surface area (Å²) < 4.78 is 16.3. The highest BCUT2D eigenvalue weighted by Gasteiger charge is 2.11. The van der Waals surface area contributed by atoms with Crippen LogP contribution in [-0.2, 0) is 19.0 Å². The Morgan fingerprint density at radius 1 is 0.789 bits per heavy atom. The van der Waals surface area contributed by atoms with Crippen molar-refractivity contribution in [2.75, 3.05) is 19.8 Å². The number of rotatable bonds is 10. The Bertz CT molecular complexity index is 238. The average molecular weight is 274 g/mol. The van der Waals surface area contributed by atoms with E-state index in [1.165, 1.54) is 0 Å². The van der Waals surface area contributed by atoms with Gasteiger partial charge >= 0.3 is 5.97 Å². The second-order valence-electron chi connectivity index (χ2n) is 5.96. The van der Waals surface area contributed by atoms with Gasteiger partial charge in [0.2, 0.25) is 0 Å². The van der Waals surface area contributed by atoms with Crippen molar-refractivity contribution in [1.29, 1.82) is 0 Å². The maximum atomic E-state index is 11.4. The van der Waals surface area contributed by atoms with Gasteiger partial charge in [-0.3, -0.25) is 4.79 Å². The van der Waals surface area contributed by atoms with Gasteiger partial charge in [0.1, 0.15) is 6.61 Å². The fraction of sp³-hybridized carbons (Fsp3) is 0.933. The molecule has 0 N–H and O–H groups in total. The van der Waals surface area contributed by atoms with E-state index in [1.54, 1.807) is 0 Å². The smallest absolute Gasteiger partial charge is 0.306 e. The van der Waals surface area contributed by atoms with Gasteiger partial charge in [0.25, 0.3) is 0 Å². The maximum absolute atomic E-state index is 11.4. The van der Waals surface area contributed by atoms with Crippen molar-refractivity contribution < 1.29 is 19.0 Å². The SMILES string of the molecule is CC(C)COC(C)COC(C)COC(=O)CC(C)C. The summed E-state index contributed by atoms with van der Waals surface area (Å²) in [6.45, 7) is 13.7. The maximum Gasteiger partial charge on any atom is 0.306 e. The van der Waals surface area contributed by atoms with Gasteiger partial charge in [0.05, 0.1) is 18.8 Å². The van der Waals surface area contributed by atoms with E-state index in [0.29, 0.717) is 31.5 Å². The number of esters is 1.